The monoisotopic (exact) mass is 328 g/mol. The maximum Gasteiger partial charge on any atom is 0.310 e. The summed E-state index contributed by atoms with van der Waals surface area (Å²) in [5.41, 5.74) is -0.926. The molecule has 0 amide bonds. The van der Waals surface area contributed by atoms with Gasteiger partial charge in [-0.1, -0.05) is 11.6 Å². The van der Waals surface area contributed by atoms with Crippen molar-refractivity contribution in [3.05, 3.63) is 28.8 Å². The lowest BCUT2D eigenvalue weighted by molar-refractivity contribution is -0.146. The summed E-state index contributed by atoms with van der Waals surface area (Å²) in [6, 6.07) is 5.83. The normalized spacial score (nSPS) is 22.9. The highest BCUT2D eigenvalue weighted by Crippen LogP contribution is 2.35. The number of sulfonamides is 1. The highest BCUT2D eigenvalue weighted by Gasteiger charge is 2.45. The Bertz CT molecular complexity index is 741. The van der Waals surface area contributed by atoms with E-state index in [2.05, 4.69) is 0 Å². The number of carbonyl (C=O) groups is 1. The number of carboxylic acids is 1. The molecule has 0 radical (unpaired) electrons. The summed E-state index contributed by atoms with van der Waals surface area (Å²) in [4.78, 5) is 11.0. The van der Waals surface area contributed by atoms with Gasteiger partial charge in [0.15, 0.2) is 0 Å². The molecule has 1 saturated heterocycles. The lowest BCUT2D eigenvalue weighted by atomic mass is 9.90. The molecule has 1 aliphatic rings. The van der Waals surface area contributed by atoms with E-state index in [0.717, 1.165) is 4.31 Å². The van der Waals surface area contributed by atoms with Crippen molar-refractivity contribution >= 4 is 27.6 Å². The van der Waals surface area contributed by atoms with Crippen LogP contribution in [0.1, 0.15) is 18.9 Å². The zero-order valence-electron chi connectivity index (χ0n) is 11.2. The van der Waals surface area contributed by atoms with Crippen LogP contribution in [0, 0.1) is 16.7 Å². The fourth-order valence-electron chi connectivity index (χ4n) is 2.21. The van der Waals surface area contributed by atoms with E-state index < -0.39 is 21.4 Å². The maximum atomic E-state index is 12.6. The number of halogens is 1. The number of hydrogen-bond acceptors (Lipinski definition) is 4. The molecule has 8 heteroatoms. The minimum Gasteiger partial charge on any atom is -0.481 e. The van der Waals surface area contributed by atoms with Crippen molar-refractivity contribution in [3.63, 3.8) is 0 Å². The first-order valence-corrected chi connectivity index (χ1v) is 7.96. The molecule has 1 heterocycles. The highest BCUT2D eigenvalue weighted by atomic mass is 35.5. The molecule has 0 bridgehead atoms. The standard InChI is InChI=1S/C13H13ClN2O4S/c1-13(12(17)18)4-5-16(8-13)21(19,20)11-6-9(7-15)2-3-10(11)14/h2-3,6H,4-5,8H2,1H3,(H,17,18). The summed E-state index contributed by atoms with van der Waals surface area (Å²) in [5.74, 6) is -1.03. The molecule has 6 nitrogen and oxygen atoms in total. The summed E-state index contributed by atoms with van der Waals surface area (Å²) in [6.07, 6.45) is 0.233. The fourth-order valence-corrected chi connectivity index (χ4v) is 4.27. The van der Waals surface area contributed by atoms with Crippen LogP contribution in [0.2, 0.25) is 5.02 Å². The van der Waals surface area contributed by atoms with Crippen molar-refractivity contribution < 1.29 is 18.3 Å². The molecule has 1 atom stereocenters. The van der Waals surface area contributed by atoms with Gasteiger partial charge < -0.3 is 5.11 Å². The van der Waals surface area contributed by atoms with Gasteiger partial charge in [-0.3, -0.25) is 4.79 Å². The first-order chi connectivity index (χ1) is 9.70. The van der Waals surface area contributed by atoms with Crippen LogP contribution in [-0.2, 0) is 14.8 Å². The summed E-state index contributed by atoms with van der Waals surface area (Å²) in [6.45, 7) is 1.51. The molecule has 0 saturated carbocycles. The Morgan fingerprint density at radius 2 is 2.19 bits per heavy atom. The summed E-state index contributed by atoms with van der Waals surface area (Å²) in [5, 5.41) is 18.0. The van der Waals surface area contributed by atoms with E-state index in [0.29, 0.717) is 0 Å². The van der Waals surface area contributed by atoms with E-state index in [1.165, 1.54) is 25.1 Å². The largest absolute Gasteiger partial charge is 0.481 e. The molecular weight excluding hydrogens is 316 g/mol. The number of aliphatic carboxylic acids is 1. The van der Waals surface area contributed by atoms with Gasteiger partial charge in [0.1, 0.15) is 4.90 Å². The molecule has 0 aromatic heterocycles. The third-order valence-corrected chi connectivity index (χ3v) is 5.96. The van der Waals surface area contributed by atoms with Gasteiger partial charge in [-0.15, -0.1) is 0 Å². The lowest BCUT2D eigenvalue weighted by Gasteiger charge is -2.20. The van der Waals surface area contributed by atoms with Gasteiger partial charge in [0.05, 0.1) is 22.1 Å². The zero-order chi connectivity index (χ0) is 15.8. The second-order valence-electron chi connectivity index (χ2n) is 5.21. The predicted molar refractivity (Wildman–Crippen MR) is 75.3 cm³/mol. The van der Waals surface area contributed by atoms with Crippen molar-refractivity contribution in [1.82, 2.24) is 4.31 Å². The molecule has 1 aromatic carbocycles. The van der Waals surface area contributed by atoms with Gasteiger partial charge in [0, 0.05) is 13.1 Å². The van der Waals surface area contributed by atoms with E-state index >= 15 is 0 Å². The summed E-state index contributed by atoms with van der Waals surface area (Å²) < 4.78 is 26.2. The van der Waals surface area contributed by atoms with Crippen LogP contribution in [0.3, 0.4) is 0 Å². The van der Waals surface area contributed by atoms with Gasteiger partial charge in [-0.2, -0.15) is 9.57 Å². The first-order valence-electron chi connectivity index (χ1n) is 6.14. The second kappa shape index (κ2) is 5.30. The number of rotatable bonds is 3. The number of benzene rings is 1. The van der Waals surface area contributed by atoms with Crippen molar-refractivity contribution in [2.45, 2.75) is 18.2 Å². The molecule has 0 spiro atoms. The highest BCUT2D eigenvalue weighted by molar-refractivity contribution is 7.89. The van der Waals surface area contributed by atoms with Crippen molar-refractivity contribution in [1.29, 1.82) is 5.26 Å². The molecule has 0 aliphatic carbocycles. The Labute approximate surface area is 127 Å². The summed E-state index contributed by atoms with van der Waals surface area (Å²) in [7, 11) is -3.92. The number of nitrogens with zero attached hydrogens (tertiary/aromatic N) is 2. The zero-order valence-corrected chi connectivity index (χ0v) is 12.8. The van der Waals surface area contributed by atoms with Crippen molar-refractivity contribution in [3.8, 4) is 6.07 Å². The van der Waals surface area contributed by atoms with Crippen molar-refractivity contribution in [2.24, 2.45) is 5.41 Å². The molecule has 2 rings (SSSR count). The third-order valence-electron chi connectivity index (χ3n) is 3.63. The Kier molecular flexibility index (Phi) is 3.97. The first kappa shape index (κ1) is 15.8. The van der Waals surface area contributed by atoms with Gasteiger partial charge in [0.25, 0.3) is 0 Å². The Morgan fingerprint density at radius 3 is 2.71 bits per heavy atom. The van der Waals surface area contributed by atoms with Crippen LogP contribution in [0.4, 0.5) is 0 Å². The minimum absolute atomic E-state index is 0.0120. The predicted octanol–water partition coefficient (Wildman–Crippen LogP) is 1.70. The van der Waals surface area contributed by atoms with E-state index in [-0.39, 0.29) is 35.0 Å². The quantitative estimate of drug-likeness (QED) is 0.910. The molecule has 1 aliphatic heterocycles. The number of hydrogen-bond donors (Lipinski definition) is 1. The smallest absolute Gasteiger partial charge is 0.310 e. The average molecular weight is 329 g/mol. The second-order valence-corrected chi connectivity index (χ2v) is 7.52. The van der Waals surface area contributed by atoms with Crippen LogP contribution in [-0.4, -0.2) is 36.9 Å². The molecule has 1 fully saturated rings. The van der Waals surface area contributed by atoms with Crippen LogP contribution < -0.4 is 0 Å². The number of carboxylic acid groups (broad SMARTS) is 1. The van der Waals surface area contributed by atoms with E-state index in [4.69, 9.17) is 16.9 Å². The number of nitriles is 1. The van der Waals surface area contributed by atoms with Crippen LogP contribution in [0.15, 0.2) is 23.1 Å². The van der Waals surface area contributed by atoms with Gasteiger partial charge >= 0.3 is 5.97 Å². The van der Waals surface area contributed by atoms with Crippen LogP contribution in [0.25, 0.3) is 0 Å². The SMILES string of the molecule is CC1(C(=O)O)CCN(S(=O)(=O)c2cc(C#N)ccc2Cl)C1. The third kappa shape index (κ3) is 2.75. The Hall–Kier alpha value is -1.62. The molecule has 1 unspecified atom stereocenters. The van der Waals surface area contributed by atoms with Gasteiger partial charge in [-0.05, 0) is 31.5 Å². The minimum atomic E-state index is -3.92. The maximum absolute atomic E-state index is 12.6. The molecule has 21 heavy (non-hydrogen) atoms. The molecule has 1 aromatic rings. The van der Waals surface area contributed by atoms with E-state index in [1.807, 2.05) is 6.07 Å². The van der Waals surface area contributed by atoms with Gasteiger partial charge in [0.2, 0.25) is 10.0 Å². The Balaban J connectivity index is 2.41. The van der Waals surface area contributed by atoms with Gasteiger partial charge in [-0.25, -0.2) is 8.42 Å². The summed E-state index contributed by atoms with van der Waals surface area (Å²) >= 11 is 5.92. The average Bonchev–Trinajstić information content (AvgIpc) is 2.84. The molecule has 112 valence electrons. The Morgan fingerprint density at radius 1 is 1.52 bits per heavy atom. The van der Waals surface area contributed by atoms with Crippen molar-refractivity contribution in [2.75, 3.05) is 13.1 Å². The van der Waals surface area contributed by atoms with Crippen LogP contribution in [0.5, 0.6) is 0 Å². The fraction of sp³-hybridized carbons (Fsp3) is 0.385. The van der Waals surface area contributed by atoms with E-state index in [9.17, 15) is 18.3 Å². The topological polar surface area (TPSA) is 98.5 Å². The lowest BCUT2D eigenvalue weighted by Crippen LogP contribution is -2.35. The molecular formula is C13H13ClN2O4S. The van der Waals surface area contributed by atoms with E-state index in [1.54, 1.807) is 0 Å². The molecule has 1 N–H and O–H groups in total. The van der Waals surface area contributed by atoms with Crippen LogP contribution >= 0.6 is 11.6 Å².